The highest BCUT2D eigenvalue weighted by atomic mass is 16.5. The summed E-state index contributed by atoms with van der Waals surface area (Å²) in [6.07, 6.45) is 1.66. The minimum atomic E-state index is -0.703. The Morgan fingerprint density at radius 3 is 2.79 bits per heavy atom. The Balaban J connectivity index is 3.59. The van der Waals surface area contributed by atoms with Crippen LogP contribution in [0.2, 0.25) is 0 Å². The standard InChI is InChI=1S/C11H18O3/c1-3-5-6-7-10(12)8-9-11(13)14-4-2/h10,12H,3-5,8-9H2,1-2H3/t10-/m1/s1. The third kappa shape index (κ3) is 7.63. The lowest BCUT2D eigenvalue weighted by molar-refractivity contribution is -0.143. The number of carbonyl (C=O) groups excluding carboxylic acids is 1. The van der Waals surface area contributed by atoms with E-state index in [1.807, 2.05) is 6.92 Å². The average Bonchev–Trinajstić information content (AvgIpc) is 2.16. The summed E-state index contributed by atoms with van der Waals surface area (Å²) in [5.41, 5.74) is 0. The summed E-state index contributed by atoms with van der Waals surface area (Å²) in [6.45, 7) is 4.17. The maximum absolute atomic E-state index is 10.9. The van der Waals surface area contributed by atoms with Crippen LogP contribution in [0.4, 0.5) is 0 Å². The van der Waals surface area contributed by atoms with Gasteiger partial charge in [-0.25, -0.2) is 0 Å². The van der Waals surface area contributed by atoms with Crippen molar-refractivity contribution >= 4 is 5.97 Å². The van der Waals surface area contributed by atoms with Crippen molar-refractivity contribution in [1.82, 2.24) is 0 Å². The molecule has 0 fully saturated rings. The highest BCUT2D eigenvalue weighted by molar-refractivity contribution is 5.69. The van der Waals surface area contributed by atoms with Gasteiger partial charge < -0.3 is 9.84 Å². The first-order chi connectivity index (χ1) is 6.70. The second-order valence-electron chi connectivity index (χ2n) is 2.93. The molecule has 0 heterocycles. The lowest BCUT2D eigenvalue weighted by Gasteiger charge is -2.02. The Kier molecular flexibility index (Phi) is 7.96. The van der Waals surface area contributed by atoms with E-state index in [4.69, 9.17) is 4.74 Å². The third-order valence-electron chi connectivity index (χ3n) is 1.57. The molecule has 0 bridgehead atoms. The molecule has 3 heteroatoms. The van der Waals surface area contributed by atoms with E-state index >= 15 is 0 Å². The van der Waals surface area contributed by atoms with E-state index in [1.54, 1.807) is 6.92 Å². The summed E-state index contributed by atoms with van der Waals surface area (Å²) < 4.78 is 4.72. The molecule has 0 rings (SSSR count). The Labute approximate surface area is 85.5 Å². The molecule has 0 aromatic rings. The zero-order chi connectivity index (χ0) is 10.8. The van der Waals surface area contributed by atoms with E-state index in [1.165, 1.54) is 0 Å². The topological polar surface area (TPSA) is 46.5 Å². The number of ether oxygens (including phenoxy) is 1. The van der Waals surface area contributed by atoms with Crippen molar-refractivity contribution in [3.63, 3.8) is 0 Å². The molecule has 0 aliphatic heterocycles. The van der Waals surface area contributed by atoms with Gasteiger partial charge in [0.25, 0.3) is 0 Å². The van der Waals surface area contributed by atoms with Crippen molar-refractivity contribution in [2.45, 2.75) is 45.6 Å². The molecule has 0 aliphatic carbocycles. The number of unbranched alkanes of at least 4 members (excludes halogenated alkanes) is 1. The smallest absolute Gasteiger partial charge is 0.305 e. The van der Waals surface area contributed by atoms with Crippen molar-refractivity contribution in [3.8, 4) is 11.8 Å². The van der Waals surface area contributed by atoms with Gasteiger partial charge in [-0.3, -0.25) is 4.79 Å². The first-order valence-corrected chi connectivity index (χ1v) is 5.02. The zero-order valence-electron chi connectivity index (χ0n) is 8.88. The molecule has 14 heavy (non-hydrogen) atoms. The summed E-state index contributed by atoms with van der Waals surface area (Å²) in [5.74, 6) is 5.24. The monoisotopic (exact) mass is 198 g/mol. The summed E-state index contributed by atoms with van der Waals surface area (Å²) >= 11 is 0. The van der Waals surface area contributed by atoms with Gasteiger partial charge in [-0.05, 0) is 19.8 Å². The molecule has 0 amide bonds. The Morgan fingerprint density at radius 2 is 2.21 bits per heavy atom. The molecule has 0 saturated carbocycles. The fourth-order valence-corrected chi connectivity index (χ4v) is 0.875. The van der Waals surface area contributed by atoms with Gasteiger partial charge in [0.1, 0.15) is 6.10 Å². The van der Waals surface area contributed by atoms with Gasteiger partial charge in [-0.2, -0.15) is 0 Å². The lowest BCUT2D eigenvalue weighted by atomic mass is 10.2. The number of esters is 1. The van der Waals surface area contributed by atoms with Gasteiger partial charge >= 0.3 is 5.97 Å². The molecule has 3 nitrogen and oxygen atoms in total. The minimum absolute atomic E-state index is 0.232. The largest absolute Gasteiger partial charge is 0.466 e. The normalized spacial score (nSPS) is 11.4. The Hall–Kier alpha value is -1.01. The van der Waals surface area contributed by atoms with E-state index in [9.17, 15) is 9.90 Å². The number of aliphatic hydroxyl groups excluding tert-OH is 1. The van der Waals surface area contributed by atoms with Crippen LogP contribution in [0.1, 0.15) is 39.5 Å². The van der Waals surface area contributed by atoms with Gasteiger partial charge in [0.15, 0.2) is 0 Å². The van der Waals surface area contributed by atoms with E-state index in [0.717, 1.165) is 12.8 Å². The predicted octanol–water partition coefficient (Wildman–Crippen LogP) is 1.49. The van der Waals surface area contributed by atoms with Crippen LogP contribution in [-0.2, 0) is 9.53 Å². The van der Waals surface area contributed by atoms with Gasteiger partial charge in [-0.1, -0.05) is 12.8 Å². The van der Waals surface area contributed by atoms with Gasteiger partial charge in [0, 0.05) is 12.8 Å². The third-order valence-corrected chi connectivity index (χ3v) is 1.57. The van der Waals surface area contributed by atoms with Crippen LogP contribution in [0.3, 0.4) is 0 Å². The van der Waals surface area contributed by atoms with E-state index in [2.05, 4.69) is 11.8 Å². The van der Waals surface area contributed by atoms with Crippen molar-refractivity contribution in [1.29, 1.82) is 0 Å². The predicted molar refractivity (Wildman–Crippen MR) is 54.6 cm³/mol. The molecule has 80 valence electrons. The number of rotatable bonds is 5. The summed E-state index contributed by atoms with van der Waals surface area (Å²) in [6, 6.07) is 0. The quantitative estimate of drug-likeness (QED) is 0.538. The molecule has 0 aromatic carbocycles. The SMILES string of the molecule is CCCC#C[C@@H](O)CCC(=O)OCC. The molecule has 0 radical (unpaired) electrons. The van der Waals surface area contributed by atoms with Crippen LogP contribution in [0.5, 0.6) is 0 Å². The molecule has 0 spiro atoms. The van der Waals surface area contributed by atoms with Gasteiger partial charge in [0.2, 0.25) is 0 Å². The maximum Gasteiger partial charge on any atom is 0.305 e. The highest BCUT2D eigenvalue weighted by Gasteiger charge is 2.05. The maximum atomic E-state index is 10.9. The second-order valence-corrected chi connectivity index (χ2v) is 2.93. The molecule has 0 aromatic heterocycles. The van der Waals surface area contributed by atoms with Crippen molar-refractivity contribution in [2.24, 2.45) is 0 Å². The fourth-order valence-electron chi connectivity index (χ4n) is 0.875. The number of aliphatic hydroxyl groups is 1. The molecule has 0 aliphatic rings. The first-order valence-electron chi connectivity index (χ1n) is 5.02. The number of hydrogen-bond donors (Lipinski definition) is 1. The van der Waals surface area contributed by atoms with E-state index < -0.39 is 6.10 Å². The van der Waals surface area contributed by atoms with E-state index in [-0.39, 0.29) is 12.4 Å². The fraction of sp³-hybridized carbons (Fsp3) is 0.727. The van der Waals surface area contributed by atoms with Crippen LogP contribution >= 0.6 is 0 Å². The molecule has 1 atom stereocenters. The lowest BCUT2D eigenvalue weighted by Crippen LogP contribution is -2.09. The van der Waals surface area contributed by atoms with Crippen LogP contribution in [0.25, 0.3) is 0 Å². The van der Waals surface area contributed by atoms with Crippen LogP contribution in [0.15, 0.2) is 0 Å². The van der Waals surface area contributed by atoms with E-state index in [0.29, 0.717) is 13.0 Å². The summed E-state index contributed by atoms with van der Waals surface area (Å²) in [4.78, 5) is 10.9. The highest BCUT2D eigenvalue weighted by Crippen LogP contribution is 1.98. The molecule has 0 unspecified atom stereocenters. The van der Waals surface area contributed by atoms with Gasteiger partial charge in [0.05, 0.1) is 6.61 Å². The first kappa shape index (κ1) is 13.0. The summed E-state index contributed by atoms with van der Waals surface area (Å²) in [7, 11) is 0. The Morgan fingerprint density at radius 1 is 1.50 bits per heavy atom. The molecular weight excluding hydrogens is 180 g/mol. The molecular formula is C11H18O3. The molecule has 1 N–H and O–H groups in total. The van der Waals surface area contributed by atoms with Crippen molar-refractivity contribution < 1.29 is 14.6 Å². The number of carbonyl (C=O) groups is 1. The zero-order valence-corrected chi connectivity index (χ0v) is 8.88. The van der Waals surface area contributed by atoms with Crippen molar-refractivity contribution in [3.05, 3.63) is 0 Å². The number of hydrogen-bond acceptors (Lipinski definition) is 3. The van der Waals surface area contributed by atoms with Crippen LogP contribution in [0, 0.1) is 11.8 Å². The van der Waals surface area contributed by atoms with Crippen LogP contribution in [-0.4, -0.2) is 23.8 Å². The Bertz CT molecular complexity index is 212. The van der Waals surface area contributed by atoms with Crippen molar-refractivity contribution in [2.75, 3.05) is 6.61 Å². The summed E-state index contributed by atoms with van der Waals surface area (Å²) in [5, 5.41) is 9.31. The minimum Gasteiger partial charge on any atom is -0.466 e. The van der Waals surface area contributed by atoms with Crippen LogP contribution < -0.4 is 0 Å². The molecule has 0 saturated heterocycles. The van der Waals surface area contributed by atoms with Gasteiger partial charge in [-0.15, -0.1) is 5.92 Å². The second kappa shape index (κ2) is 8.58. The average molecular weight is 198 g/mol.